The summed E-state index contributed by atoms with van der Waals surface area (Å²) in [4.78, 5) is 26.4. The quantitative estimate of drug-likeness (QED) is 0.648. The number of carboxylic acids is 1. The largest absolute Gasteiger partial charge is 0.491 e. The number of aromatic carboxylic acids is 1. The van der Waals surface area contributed by atoms with Crippen molar-refractivity contribution in [1.82, 2.24) is 4.90 Å². The molecule has 1 aliphatic heterocycles. The second kappa shape index (κ2) is 10.1. The first kappa shape index (κ1) is 23.7. The Morgan fingerprint density at radius 2 is 1.84 bits per heavy atom. The zero-order valence-corrected chi connectivity index (χ0v) is 18.5. The second-order valence-corrected chi connectivity index (χ2v) is 8.52. The average Bonchev–Trinajstić information content (AvgIpc) is 2.73. The third kappa shape index (κ3) is 6.27. The van der Waals surface area contributed by atoms with Gasteiger partial charge in [0, 0.05) is 25.2 Å². The fraction of sp³-hybridized carbons (Fsp3) is 0.417. The molecule has 1 N–H and O–H groups in total. The van der Waals surface area contributed by atoms with Crippen molar-refractivity contribution in [2.24, 2.45) is 0 Å². The Kier molecular flexibility index (Phi) is 7.48. The smallest absolute Gasteiger partial charge is 0.339 e. The van der Waals surface area contributed by atoms with Crippen molar-refractivity contribution >= 4 is 11.9 Å². The van der Waals surface area contributed by atoms with Crippen molar-refractivity contribution in [3.05, 3.63) is 53.3 Å². The number of ether oxygens (including phenoxy) is 3. The highest BCUT2D eigenvalue weighted by Crippen LogP contribution is 2.30. The first-order valence-corrected chi connectivity index (χ1v) is 10.5. The molecule has 3 rings (SSSR count). The van der Waals surface area contributed by atoms with Crippen LogP contribution in [0.1, 0.15) is 41.5 Å². The van der Waals surface area contributed by atoms with E-state index in [1.807, 2.05) is 0 Å². The van der Waals surface area contributed by atoms with Gasteiger partial charge in [0.1, 0.15) is 29.3 Å². The van der Waals surface area contributed by atoms with Crippen LogP contribution >= 0.6 is 0 Å². The third-order valence-electron chi connectivity index (χ3n) is 4.89. The predicted molar refractivity (Wildman–Crippen MR) is 117 cm³/mol. The lowest BCUT2D eigenvalue weighted by atomic mass is 9.99. The maximum Gasteiger partial charge on any atom is 0.339 e. The Bertz CT molecular complexity index is 979. The van der Waals surface area contributed by atoms with Crippen LogP contribution in [0.15, 0.2) is 36.4 Å². The lowest BCUT2D eigenvalue weighted by molar-refractivity contribution is 0.00692. The van der Waals surface area contributed by atoms with Crippen molar-refractivity contribution in [3.63, 3.8) is 0 Å². The zero-order valence-electron chi connectivity index (χ0n) is 18.5. The monoisotopic (exact) mass is 445 g/mol. The minimum atomic E-state index is -1.18. The molecular weight excluding hydrogens is 417 g/mol. The van der Waals surface area contributed by atoms with Gasteiger partial charge in [0.25, 0.3) is 0 Å². The highest BCUT2D eigenvalue weighted by molar-refractivity contribution is 5.94. The molecule has 172 valence electrons. The van der Waals surface area contributed by atoms with Gasteiger partial charge in [-0.1, -0.05) is 6.07 Å². The molecule has 0 bridgehead atoms. The van der Waals surface area contributed by atoms with Crippen LogP contribution in [-0.4, -0.2) is 67.0 Å². The van der Waals surface area contributed by atoms with E-state index in [1.54, 1.807) is 26.8 Å². The van der Waals surface area contributed by atoms with Crippen LogP contribution in [0.25, 0.3) is 11.1 Å². The zero-order chi connectivity index (χ0) is 23.3. The Labute approximate surface area is 186 Å². The molecule has 2 aromatic rings. The standard InChI is InChI=1S/C24H28FNO6/c1-24(2,3)32-23(29)17-4-6-20(25)18(15-17)16-5-7-21(19(14-16)22(27)28)31-13-10-26-8-11-30-12-9-26/h4-7,14-15H,8-13H2,1-3H3,(H,27,28). The van der Waals surface area contributed by atoms with E-state index in [0.717, 1.165) is 13.1 Å². The molecule has 0 amide bonds. The van der Waals surface area contributed by atoms with Crippen molar-refractivity contribution in [2.75, 3.05) is 39.5 Å². The van der Waals surface area contributed by atoms with Gasteiger partial charge in [-0.2, -0.15) is 0 Å². The molecule has 0 unspecified atom stereocenters. The van der Waals surface area contributed by atoms with Crippen LogP contribution in [0, 0.1) is 5.82 Å². The van der Waals surface area contributed by atoms with Gasteiger partial charge in [-0.25, -0.2) is 14.0 Å². The summed E-state index contributed by atoms with van der Waals surface area (Å²) in [5.41, 5.74) is -0.158. The van der Waals surface area contributed by atoms with Gasteiger partial charge in [-0.15, -0.1) is 0 Å². The van der Waals surface area contributed by atoms with Gasteiger partial charge in [0.15, 0.2) is 0 Å². The van der Waals surface area contributed by atoms with E-state index in [9.17, 15) is 19.1 Å². The van der Waals surface area contributed by atoms with Gasteiger partial charge >= 0.3 is 11.9 Å². The fourth-order valence-corrected chi connectivity index (χ4v) is 3.31. The maximum absolute atomic E-state index is 14.6. The van der Waals surface area contributed by atoms with Crippen molar-refractivity contribution in [3.8, 4) is 16.9 Å². The van der Waals surface area contributed by atoms with Crippen LogP contribution < -0.4 is 4.74 Å². The van der Waals surface area contributed by atoms with Crippen LogP contribution in [0.5, 0.6) is 5.75 Å². The number of morpholine rings is 1. The molecule has 8 heteroatoms. The van der Waals surface area contributed by atoms with Crippen molar-refractivity contribution in [2.45, 2.75) is 26.4 Å². The van der Waals surface area contributed by atoms with E-state index in [1.165, 1.54) is 30.3 Å². The summed E-state index contributed by atoms with van der Waals surface area (Å²) >= 11 is 0. The lowest BCUT2D eigenvalue weighted by Gasteiger charge is -2.26. The summed E-state index contributed by atoms with van der Waals surface area (Å²) in [6.45, 7) is 9.15. The van der Waals surface area contributed by atoms with Gasteiger partial charge in [0.05, 0.1) is 18.8 Å². The minimum absolute atomic E-state index is 0.0773. The van der Waals surface area contributed by atoms with Crippen molar-refractivity contribution in [1.29, 1.82) is 0 Å². The highest BCUT2D eigenvalue weighted by Gasteiger charge is 2.21. The van der Waals surface area contributed by atoms with Gasteiger partial charge < -0.3 is 19.3 Å². The SMILES string of the molecule is CC(C)(C)OC(=O)c1ccc(F)c(-c2ccc(OCCN3CCOCC3)c(C(=O)O)c2)c1. The van der Waals surface area contributed by atoms with Crippen molar-refractivity contribution < 1.29 is 33.3 Å². The molecule has 1 saturated heterocycles. The van der Waals surface area contributed by atoms with Crippen LogP contribution in [-0.2, 0) is 9.47 Å². The summed E-state index contributed by atoms with van der Waals surface area (Å²) in [7, 11) is 0. The Hall–Kier alpha value is -2.97. The molecule has 0 aliphatic carbocycles. The molecule has 32 heavy (non-hydrogen) atoms. The van der Waals surface area contributed by atoms with Gasteiger partial charge in [-0.3, -0.25) is 4.90 Å². The summed E-state index contributed by atoms with van der Waals surface area (Å²) in [6.07, 6.45) is 0. The van der Waals surface area contributed by atoms with Crippen LogP contribution in [0.4, 0.5) is 4.39 Å². The number of esters is 1. The van der Waals surface area contributed by atoms with E-state index in [4.69, 9.17) is 14.2 Å². The molecule has 1 aliphatic rings. The van der Waals surface area contributed by atoms with Crippen LogP contribution in [0.2, 0.25) is 0 Å². The van der Waals surface area contributed by atoms with E-state index >= 15 is 0 Å². The molecule has 0 saturated carbocycles. The van der Waals surface area contributed by atoms with Gasteiger partial charge in [-0.05, 0) is 56.7 Å². The normalized spacial score (nSPS) is 14.8. The number of hydrogen-bond donors (Lipinski definition) is 1. The third-order valence-corrected chi connectivity index (χ3v) is 4.89. The molecule has 0 radical (unpaired) electrons. The van der Waals surface area contributed by atoms with E-state index in [2.05, 4.69) is 4.90 Å². The van der Waals surface area contributed by atoms with E-state index < -0.39 is 23.4 Å². The highest BCUT2D eigenvalue weighted by atomic mass is 19.1. The summed E-state index contributed by atoms with van der Waals surface area (Å²) < 4.78 is 30.9. The number of carboxylic acid groups (broad SMARTS) is 1. The Morgan fingerprint density at radius 1 is 1.12 bits per heavy atom. The number of nitrogens with zero attached hydrogens (tertiary/aromatic N) is 1. The van der Waals surface area contributed by atoms with Crippen LogP contribution in [0.3, 0.4) is 0 Å². The molecule has 0 aromatic heterocycles. The molecule has 7 nitrogen and oxygen atoms in total. The molecule has 2 aromatic carbocycles. The second-order valence-electron chi connectivity index (χ2n) is 8.52. The number of carbonyl (C=O) groups excluding carboxylic acids is 1. The average molecular weight is 445 g/mol. The molecule has 1 heterocycles. The Morgan fingerprint density at radius 3 is 2.50 bits per heavy atom. The predicted octanol–water partition coefficient (Wildman–Crippen LogP) is 3.86. The molecule has 1 fully saturated rings. The first-order chi connectivity index (χ1) is 15.1. The number of hydrogen-bond acceptors (Lipinski definition) is 6. The summed E-state index contributed by atoms with van der Waals surface area (Å²) in [5.74, 6) is -2.13. The maximum atomic E-state index is 14.6. The molecule has 0 spiro atoms. The van der Waals surface area contributed by atoms with E-state index in [-0.39, 0.29) is 22.4 Å². The number of rotatable bonds is 7. The fourth-order valence-electron chi connectivity index (χ4n) is 3.31. The molecular formula is C24H28FNO6. The number of carbonyl (C=O) groups is 2. The van der Waals surface area contributed by atoms with E-state index in [0.29, 0.717) is 31.9 Å². The molecule has 0 atom stereocenters. The summed E-state index contributed by atoms with van der Waals surface area (Å²) in [5, 5.41) is 9.65. The topological polar surface area (TPSA) is 85.3 Å². The number of halogens is 1. The minimum Gasteiger partial charge on any atom is -0.491 e. The Balaban J connectivity index is 1.80. The lowest BCUT2D eigenvalue weighted by Crippen LogP contribution is -2.38. The number of benzene rings is 2. The van der Waals surface area contributed by atoms with Gasteiger partial charge in [0.2, 0.25) is 0 Å². The summed E-state index contributed by atoms with van der Waals surface area (Å²) in [6, 6.07) is 8.31. The first-order valence-electron chi connectivity index (χ1n) is 10.5.